The summed E-state index contributed by atoms with van der Waals surface area (Å²) in [7, 11) is 0. The number of carbonyl (C=O) groups is 1. The van der Waals surface area contributed by atoms with Crippen molar-refractivity contribution in [2.45, 2.75) is 13.8 Å². The van der Waals surface area contributed by atoms with Crippen LogP contribution in [0.25, 0.3) is 11.0 Å². The lowest BCUT2D eigenvalue weighted by Crippen LogP contribution is -2.01. The molecule has 0 aliphatic carbocycles. The number of aryl methyl sites for hydroxylation is 2. The van der Waals surface area contributed by atoms with Gasteiger partial charge in [-0.1, -0.05) is 24.3 Å². The molecule has 0 spiro atoms. The minimum absolute atomic E-state index is 0.274. The largest absolute Gasteiger partial charge is 0.452 e. The Kier molecular flexibility index (Phi) is 2.90. The van der Waals surface area contributed by atoms with Crippen LogP contribution in [0.5, 0.6) is 0 Å². The number of hydrogen-bond donors (Lipinski definition) is 0. The summed E-state index contributed by atoms with van der Waals surface area (Å²) >= 11 is 0. The molecule has 0 amide bonds. The average Bonchev–Trinajstić information content (AvgIpc) is 2.74. The van der Waals surface area contributed by atoms with E-state index in [1.165, 1.54) is 18.2 Å². The van der Waals surface area contributed by atoms with Gasteiger partial charge in [-0.2, -0.15) is 0 Å². The predicted molar refractivity (Wildman–Crippen MR) is 75.5 cm³/mol. The van der Waals surface area contributed by atoms with Crippen molar-refractivity contribution in [3.63, 3.8) is 0 Å². The fraction of sp³-hybridized carbons (Fsp3) is 0.118. The molecule has 0 saturated heterocycles. The maximum absolute atomic E-state index is 13.2. The molecular formula is C17H13FO2. The molecule has 0 radical (unpaired) electrons. The van der Waals surface area contributed by atoms with Crippen LogP contribution in [0.2, 0.25) is 0 Å². The van der Waals surface area contributed by atoms with E-state index >= 15 is 0 Å². The summed E-state index contributed by atoms with van der Waals surface area (Å²) in [5.41, 5.74) is 2.83. The van der Waals surface area contributed by atoms with Gasteiger partial charge in [0.05, 0.1) is 0 Å². The van der Waals surface area contributed by atoms with Gasteiger partial charge in [0.25, 0.3) is 0 Å². The van der Waals surface area contributed by atoms with Crippen molar-refractivity contribution in [1.29, 1.82) is 0 Å². The number of rotatable bonds is 2. The van der Waals surface area contributed by atoms with Gasteiger partial charge in [0.1, 0.15) is 11.4 Å². The molecule has 3 heteroatoms. The van der Waals surface area contributed by atoms with Crippen molar-refractivity contribution in [3.05, 3.63) is 70.7 Å². The number of halogens is 1. The topological polar surface area (TPSA) is 30.2 Å². The van der Waals surface area contributed by atoms with Crippen LogP contribution in [-0.2, 0) is 0 Å². The Labute approximate surface area is 115 Å². The fourth-order valence-electron chi connectivity index (χ4n) is 2.31. The number of furan rings is 1. The highest BCUT2D eigenvalue weighted by molar-refractivity contribution is 6.10. The van der Waals surface area contributed by atoms with Crippen LogP contribution in [0.1, 0.15) is 27.2 Å². The van der Waals surface area contributed by atoms with E-state index in [2.05, 4.69) is 0 Å². The second-order valence-corrected chi connectivity index (χ2v) is 4.90. The zero-order valence-electron chi connectivity index (χ0n) is 11.2. The first-order valence-corrected chi connectivity index (χ1v) is 6.36. The van der Waals surface area contributed by atoms with Crippen molar-refractivity contribution in [2.24, 2.45) is 0 Å². The first-order chi connectivity index (χ1) is 9.56. The van der Waals surface area contributed by atoms with Crippen LogP contribution in [0.4, 0.5) is 4.39 Å². The van der Waals surface area contributed by atoms with Gasteiger partial charge < -0.3 is 4.42 Å². The molecule has 20 heavy (non-hydrogen) atoms. The standard InChI is InChI=1S/C17H13FO2/c1-10-6-7-14-11(2)17(20-15(14)8-10)16(19)12-4-3-5-13(18)9-12/h3-9H,1-2H3. The molecule has 100 valence electrons. The lowest BCUT2D eigenvalue weighted by molar-refractivity contribution is 0.101. The van der Waals surface area contributed by atoms with Crippen molar-refractivity contribution >= 4 is 16.8 Å². The van der Waals surface area contributed by atoms with E-state index in [0.29, 0.717) is 11.1 Å². The quantitative estimate of drug-likeness (QED) is 0.644. The molecule has 0 fully saturated rings. The summed E-state index contributed by atoms with van der Waals surface area (Å²) < 4.78 is 18.9. The number of carbonyl (C=O) groups excluding carboxylic acids is 1. The Morgan fingerprint density at radius 1 is 1.10 bits per heavy atom. The van der Waals surface area contributed by atoms with Crippen molar-refractivity contribution < 1.29 is 13.6 Å². The maximum Gasteiger partial charge on any atom is 0.228 e. The molecule has 0 N–H and O–H groups in total. The normalized spacial score (nSPS) is 10.9. The minimum Gasteiger partial charge on any atom is -0.452 e. The van der Waals surface area contributed by atoms with E-state index < -0.39 is 5.82 Å². The van der Waals surface area contributed by atoms with Gasteiger partial charge in [-0.15, -0.1) is 0 Å². The van der Waals surface area contributed by atoms with Crippen LogP contribution in [0.15, 0.2) is 46.9 Å². The third-order valence-electron chi connectivity index (χ3n) is 3.39. The van der Waals surface area contributed by atoms with Gasteiger partial charge in [0.15, 0.2) is 5.76 Å². The van der Waals surface area contributed by atoms with Crippen molar-refractivity contribution in [3.8, 4) is 0 Å². The molecule has 1 aromatic heterocycles. The first-order valence-electron chi connectivity index (χ1n) is 6.36. The van der Waals surface area contributed by atoms with Gasteiger partial charge in [-0.05, 0) is 37.6 Å². The van der Waals surface area contributed by atoms with Gasteiger partial charge in [-0.25, -0.2) is 4.39 Å². The molecule has 1 heterocycles. The second-order valence-electron chi connectivity index (χ2n) is 4.90. The molecule has 0 aliphatic rings. The zero-order chi connectivity index (χ0) is 14.3. The lowest BCUT2D eigenvalue weighted by atomic mass is 10.0. The van der Waals surface area contributed by atoms with E-state index in [9.17, 15) is 9.18 Å². The SMILES string of the molecule is Cc1ccc2c(C)c(C(=O)c3cccc(F)c3)oc2c1. The van der Waals surface area contributed by atoms with Gasteiger partial charge in [0, 0.05) is 16.5 Å². The molecule has 0 saturated carbocycles. The molecule has 2 nitrogen and oxygen atoms in total. The third-order valence-corrected chi connectivity index (χ3v) is 3.39. The molecule has 0 aliphatic heterocycles. The summed E-state index contributed by atoms with van der Waals surface area (Å²) in [6, 6.07) is 11.4. The van der Waals surface area contributed by atoms with E-state index in [-0.39, 0.29) is 11.5 Å². The Balaban J connectivity index is 2.14. The number of benzene rings is 2. The van der Waals surface area contributed by atoms with Gasteiger partial charge >= 0.3 is 0 Å². The third kappa shape index (κ3) is 2.01. The van der Waals surface area contributed by atoms with Crippen molar-refractivity contribution in [1.82, 2.24) is 0 Å². The van der Waals surface area contributed by atoms with Gasteiger partial charge in [-0.3, -0.25) is 4.79 Å². The summed E-state index contributed by atoms with van der Waals surface area (Å²) in [4.78, 5) is 12.4. The van der Waals surface area contributed by atoms with Crippen LogP contribution in [0.3, 0.4) is 0 Å². The Hall–Kier alpha value is -2.42. The molecule has 3 aromatic rings. The van der Waals surface area contributed by atoms with E-state index in [4.69, 9.17) is 4.42 Å². The highest BCUT2D eigenvalue weighted by Crippen LogP contribution is 2.27. The summed E-state index contributed by atoms with van der Waals surface area (Å²) in [5, 5.41) is 0.912. The molecule has 0 bridgehead atoms. The van der Waals surface area contributed by atoms with Gasteiger partial charge in [0.2, 0.25) is 5.78 Å². The second kappa shape index (κ2) is 4.60. The monoisotopic (exact) mass is 268 g/mol. The first kappa shape index (κ1) is 12.6. The molecule has 0 atom stereocenters. The molecule has 3 rings (SSSR count). The van der Waals surface area contributed by atoms with Crippen LogP contribution in [0, 0.1) is 19.7 Å². The molecule has 2 aromatic carbocycles. The van der Waals surface area contributed by atoms with Crippen LogP contribution in [-0.4, -0.2) is 5.78 Å². The molecular weight excluding hydrogens is 255 g/mol. The van der Waals surface area contributed by atoms with E-state index in [0.717, 1.165) is 16.5 Å². The Morgan fingerprint density at radius 3 is 2.65 bits per heavy atom. The predicted octanol–water partition coefficient (Wildman–Crippen LogP) is 4.42. The summed E-state index contributed by atoms with van der Waals surface area (Å²) in [5.74, 6) is -0.451. The zero-order valence-corrected chi connectivity index (χ0v) is 11.2. The minimum atomic E-state index is -0.430. The van der Waals surface area contributed by atoms with Crippen LogP contribution < -0.4 is 0 Å². The number of fused-ring (bicyclic) bond motifs is 1. The number of hydrogen-bond acceptors (Lipinski definition) is 2. The number of ketones is 1. The molecule has 0 unspecified atom stereocenters. The van der Waals surface area contributed by atoms with E-state index in [1.54, 1.807) is 6.07 Å². The summed E-state index contributed by atoms with van der Waals surface area (Å²) in [6.45, 7) is 3.80. The lowest BCUT2D eigenvalue weighted by Gasteiger charge is -1.99. The highest BCUT2D eigenvalue weighted by atomic mass is 19.1. The Bertz CT molecular complexity index is 815. The highest BCUT2D eigenvalue weighted by Gasteiger charge is 2.19. The fourth-order valence-corrected chi connectivity index (χ4v) is 2.31. The van der Waals surface area contributed by atoms with Crippen molar-refractivity contribution in [2.75, 3.05) is 0 Å². The summed E-state index contributed by atoms with van der Waals surface area (Å²) in [6.07, 6.45) is 0. The Morgan fingerprint density at radius 2 is 1.90 bits per heavy atom. The smallest absolute Gasteiger partial charge is 0.228 e. The maximum atomic E-state index is 13.2. The van der Waals surface area contributed by atoms with Crippen LogP contribution >= 0.6 is 0 Å². The van der Waals surface area contributed by atoms with E-state index in [1.807, 2.05) is 32.0 Å². The average molecular weight is 268 g/mol.